The smallest absolute Gasteiger partial charge is 0.338 e. The molecule has 0 aliphatic carbocycles. The number of hydrogen-bond acceptors (Lipinski definition) is 18. The monoisotopic (exact) mass is 967 g/mol. The lowest BCUT2D eigenvalue weighted by Crippen LogP contribution is -2.14. The van der Waals surface area contributed by atoms with Gasteiger partial charge in [0.15, 0.2) is 23.0 Å². The van der Waals surface area contributed by atoms with Gasteiger partial charge >= 0.3 is 11.9 Å². The van der Waals surface area contributed by atoms with Gasteiger partial charge in [-0.25, -0.2) is 9.59 Å². The van der Waals surface area contributed by atoms with Crippen LogP contribution in [-0.4, -0.2) is 184 Å². The number of esters is 2. The number of benzene rings is 2. The lowest BCUT2D eigenvalue weighted by atomic mass is 10.1. The summed E-state index contributed by atoms with van der Waals surface area (Å²) in [7, 11) is 0. The predicted octanol–water partition coefficient (Wildman–Crippen LogP) is 6.31. The zero-order valence-corrected chi connectivity index (χ0v) is 40.3. The Bertz CT molecular complexity index is 1450. The van der Waals surface area contributed by atoms with E-state index in [4.69, 9.17) is 75.8 Å². The number of ether oxygens (including phenoxy) is 16. The molecule has 0 bridgehead atoms. The van der Waals surface area contributed by atoms with Gasteiger partial charge in [-0.05, 0) is 49.2 Å². The summed E-state index contributed by atoms with van der Waals surface area (Å²) < 4.78 is 90.4. The van der Waals surface area contributed by atoms with Gasteiger partial charge < -0.3 is 75.8 Å². The summed E-state index contributed by atoms with van der Waals surface area (Å²) in [5.41, 5.74) is 0.786. The highest BCUT2D eigenvalue weighted by Crippen LogP contribution is 2.30. The minimum atomic E-state index is -0.403. The topological polar surface area (TPSA) is 182 Å². The van der Waals surface area contributed by atoms with Crippen LogP contribution in [-0.2, 0) is 56.8 Å². The third-order valence-electron chi connectivity index (χ3n) is 10.3. The van der Waals surface area contributed by atoms with Crippen LogP contribution in [0.25, 0.3) is 0 Å². The first kappa shape index (κ1) is 56.8. The van der Waals surface area contributed by atoms with Crippen molar-refractivity contribution in [3.63, 3.8) is 0 Å². The van der Waals surface area contributed by atoms with Crippen LogP contribution in [0.3, 0.4) is 0 Å². The van der Waals surface area contributed by atoms with Crippen molar-refractivity contribution in [2.45, 2.75) is 64.2 Å². The lowest BCUT2D eigenvalue weighted by molar-refractivity contribution is -0.0134. The van der Waals surface area contributed by atoms with Gasteiger partial charge in [-0.1, -0.05) is 51.4 Å². The van der Waals surface area contributed by atoms with E-state index in [1.54, 1.807) is 36.4 Å². The average Bonchev–Trinajstić information content (AvgIpc) is 3.35. The Morgan fingerprint density at radius 2 is 0.515 bits per heavy atom. The quantitative estimate of drug-likeness (QED) is 0.143. The Hall–Kier alpha value is -3.82. The molecule has 0 N–H and O–H groups in total. The molecule has 2 aromatic rings. The molecule has 2 aliphatic heterocycles. The van der Waals surface area contributed by atoms with Crippen molar-refractivity contribution in [1.29, 1.82) is 0 Å². The van der Waals surface area contributed by atoms with Crippen molar-refractivity contribution in [2.24, 2.45) is 0 Å². The summed E-state index contributed by atoms with van der Waals surface area (Å²) >= 11 is 0. The van der Waals surface area contributed by atoms with E-state index >= 15 is 0 Å². The fourth-order valence-electron chi connectivity index (χ4n) is 6.65. The second kappa shape index (κ2) is 40.0. The van der Waals surface area contributed by atoms with Crippen molar-refractivity contribution in [3.8, 4) is 23.0 Å². The number of unbranched alkanes of at least 4 members (excludes halogenated alkanes) is 9. The van der Waals surface area contributed by atoms with Gasteiger partial charge in [0.1, 0.15) is 26.4 Å². The summed E-state index contributed by atoms with van der Waals surface area (Å²) in [4.78, 5) is 25.8. The number of fused-ring (bicyclic) bond motifs is 2. The molecule has 0 spiro atoms. The van der Waals surface area contributed by atoms with Crippen molar-refractivity contribution >= 4 is 11.9 Å². The lowest BCUT2D eigenvalue weighted by Gasteiger charge is -2.14. The van der Waals surface area contributed by atoms with E-state index in [2.05, 4.69) is 0 Å². The minimum Gasteiger partial charge on any atom is -0.487 e. The zero-order chi connectivity index (χ0) is 47.6. The van der Waals surface area contributed by atoms with Crippen LogP contribution in [0.1, 0.15) is 84.9 Å². The molecule has 0 saturated heterocycles. The molecule has 68 heavy (non-hydrogen) atoms. The maximum atomic E-state index is 12.9. The molecule has 386 valence electrons. The summed E-state index contributed by atoms with van der Waals surface area (Å²) in [6, 6.07) is 10.1. The van der Waals surface area contributed by atoms with E-state index in [9.17, 15) is 9.59 Å². The third-order valence-corrected chi connectivity index (χ3v) is 10.3. The van der Waals surface area contributed by atoms with E-state index in [1.165, 1.54) is 0 Å². The van der Waals surface area contributed by atoms with Crippen LogP contribution in [0, 0.1) is 0 Å². The molecule has 0 radical (unpaired) electrons. The molecule has 18 nitrogen and oxygen atoms in total. The first-order valence-electron chi connectivity index (χ1n) is 24.6. The molecule has 2 aromatic carbocycles. The van der Waals surface area contributed by atoms with Crippen LogP contribution >= 0.6 is 0 Å². The Morgan fingerprint density at radius 1 is 0.294 bits per heavy atom. The fourth-order valence-corrected chi connectivity index (χ4v) is 6.65. The molecule has 0 saturated carbocycles. The van der Waals surface area contributed by atoms with Crippen molar-refractivity contribution < 1.29 is 85.4 Å². The maximum Gasteiger partial charge on any atom is 0.338 e. The minimum absolute atomic E-state index is 0.274. The molecule has 0 fully saturated rings. The standard InChI is InChI=1S/C50H78O18/c51-49(43-11-13-45-47(41-43)65-39-35-61-31-27-57-23-19-53-17-21-55-25-29-59-33-37-63-45)67-15-9-7-5-3-1-2-4-6-8-10-16-68-50(52)44-12-14-46-48(42-44)66-40-36-62-32-28-58-24-20-54-18-22-56-26-30-60-34-38-64-46/h11-14,41-42H,1-10,15-40H2. The van der Waals surface area contributed by atoms with Gasteiger partial charge in [0.25, 0.3) is 0 Å². The van der Waals surface area contributed by atoms with Crippen LogP contribution in [0.5, 0.6) is 23.0 Å². The second-order valence-electron chi connectivity index (χ2n) is 15.6. The summed E-state index contributed by atoms with van der Waals surface area (Å²) in [6.45, 7) is 10.8. The van der Waals surface area contributed by atoms with E-state index in [0.717, 1.165) is 64.2 Å². The highest BCUT2D eigenvalue weighted by molar-refractivity contribution is 5.90. The highest BCUT2D eigenvalue weighted by atomic mass is 16.6. The van der Waals surface area contributed by atoms with Crippen molar-refractivity contribution in [2.75, 3.05) is 172 Å². The van der Waals surface area contributed by atoms with Crippen LogP contribution in [0.2, 0.25) is 0 Å². The summed E-state index contributed by atoms with van der Waals surface area (Å²) in [6.07, 6.45) is 10.3. The SMILES string of the molecule is O=C(OCCCCCCCCCCCCOC(=O)c1ccc2c(c1)OCCOCCOCCOCCOCCOCCO2)c1ccc2c(c1)OCCOCCOCCOCCOCCOCCO2. The average molecular weight is 967 g/mol. The first-order valence-corrected chi connectivity index (χ1v) is 24.6. The summed E-state index contributed by atoms with van der Waals surface area (Å²) in [5, 5.41) is 0. The van der Waals surface area contributed by atoms with Gasteiger partial charge in [-0.2, -0.15) is 0 Å². The zero-order valence-electron chi connectivity index (χ0n) is 40.3. The second-order valence-corrected chi connectivity index (χ2v) is 15.6. The van der Waals surface area contributed by atoms with E-state index in [0.29, 0.717) is 193 Å². The number of hydrogen-bond donors (Lipinski definition) is 0. The number of rotatable bonds is 15. The van der Waals surface area contributed by atoms with Crippen LogP contribution in [0.4, 0.5) is 0 Å². The van der Waals surface area contributed by atoms with Gasteiger partial charge in [-0.15, -0.1) is 0 Å². The largest absolute Gasteiger partial charge is 0.487 e. The molecule has 0 atom stereocenters. The number of carbonyl (C=O) groups is 2. The van der Waals surface area contributed by atoms with Crippen molar-refractivity contribution in [1.82, 2.24) is 0 Å². The van der Waals surface area contributed by atoms with Crippen molar-refractivity contribution in [3.05, 3.63) is 47.5 Å². The Labute approximate surface area is 402 Å². The van der Waals surface area contributed by atoms with Crippen LogP contribution < -0.4 is 18.9 Å². The molecule has 0 aromatic heterocycles. The molecular formula is C50H78O18. The van der Waals surface area contributed by atoms with Gasteiger partial charge in [0.05, 0.1) is 156 Å². The van der Waals surface area contributed by atoms with E-state index in [-0.39, 0.29) is 13.2 Å². The Balaban J connectivity index is 1.03. The molecule has 18 heteroatoms. The van der Waals surface area contributed by atoms with E-state index in [1.807, 2.05) is 0 Å². The predicted molar refractivity (Wildman–Crippen MR) is 250 cm³/mol. The van der Waals surface area contributed by atoms with E-state index < -0.39 is 11.9 Å². The Kier molecular flexibility index (Phi) is 33.4. The normalized spacial score (nSPS) is 18.2. The molecule has 0 unspecified atom stereocenters. The van der Waals surface area contributed by atoms with Gasteiger partial charge in [0.2, 0.25) is 0 Å². The fraction of sp³-hybridized carbons (Fsp3) is 0.720. The van der Waals surface area contributed by atoms with Gasteiger partial charge in [-0.3, -0.25) is 0 Å². The molecule has 0 amide bonds. The molecule has 2 aliphatic rings. The Morgan fingerprint density at radius 3 is 0.779 bits per heavy atom. The maximum absolute atomic E-state index is 12.9. The molecule has 4 rings (SSSR count). The molecule has 2 heterocycles. The first-order chi connectivity index (χ1) is 33.7. The number of carbonyl (C=O) groups excluding carboxylic acids is 2. The summed E-state index contributed by atoms with van der Waals surface area (Å²) in [5.74, 6) is 1.08. The third kappa shape index (κ3) is 28.0. The van der Waals surface area contributed by atoms with Gasteiger partial charge in [0, 0.05) is 0 Å². The highest BCUT2D eigenvalue weighted by Gasteiger charge is 2.15. The van der Waals surface area contributed by atoms with Crippen LogP contribution in [0.15, 0.2) is 36.4 Å². The molecular weight excluding hydrogens is 889 g/mol.